The quantitative estimate of drug-likeness (QED) is 0.868. The third-order valence-corrected chi connectivity index (χ3v) is 3.08. The van der Waals surface area contributed by atoms with E-state index in [2.05, 4.69) is 5.32 Å². The van der Waals surface area contributed by atoms with Gasteiger partial charge in [0.15, 0.2) is 0 Å². The average Bonchev–Trinajstić information content (AvgIpc) is 2.92. The second-order valence-electron chi connectivity index (χ2n) is 4.35. The lowest BCUT2D eigenvalue weighted by Gasteiger charge is -2.12. The molecule has 0 saturated carbocycles. The fraction of sp³-hybridized carbons (Fsp3) is 0.500. The van der Waals surface area contributed by atoms with Gasteiger partial charge in [-0.15, -0.1) is 0 Å². The molecule has 4 nitrogen and oxygen atoms in total. The first-order valence-electron chi connectivity index (χ1n) is 6.37. The van der Waals surface area contributed by atoms with Crippen molar-refractivity contribution < 1.29 is 14.3 Å². The highest BCUT2D eigenvalue weighted by atomic mass is 16.5. The predicted molar refractivity (Wildman–Crippen MR) is 68.9 cm³/mol. The van der Waals surface area contributed by atoms with Crippen LogP contribution < -0.4 is 10.1 Å². The minimum atomic E-state index is -0.122. The minimum absolute atomic E-state index is 0.122. The van der Waals surface area contributed by atoms with Gasteiger partial charge >= 0.3 is 0 Å². The molecule has 0 bridgehead atoms. The molecule has 18 heavy (non-hydrogen) atoms. The number of ether oxygens (including phenoxy) is 2. The molecule has 0 aliphatic carbocycles. The molecule has 0 unspecified atom stereocenters. The van der Waals surface area contributed by atoms with Crippen LogP contribution in [0.1, 0.15) is 29.6 Å². The molecule has 1 heterocycles. The largest absolute Gasteiger partial charge is 0.493 e. The van der Waals surface area contributed by atoms with Gasteiger partial charge in [-0.05, 0) is 25.0 Å². The van der Waals surface area contributed by atoms with Crippen LogP contribution in [0.25, 0.3) is 0 Å². The zero-order valence-electron chi connectivity index (χ0n) is 10.6. The fourth-order valence-corrected chi connectivity index (χ4v) is 2.09. The molecule has 0 aromatic heterocycles. The Hall–Kier alpha value is -1.55. The van der Waals surface area contributed by atoms with Gasteiger partial charge in [0.1, 0.15) is 5.75 Å². The van der Waals surface area contributed by atoms with E-state index in [9.17, 15) is 4.79 Å². The van der Waals surface area contributed by atoms with Gasteiger partial charge in [0, 0.05) is 20.1 Å². The number of carbonyl (C=O) groups excluding carboxylic acids is 1. The van der Waals surface area contributed by atoms with Crippen LogP contribution in [0.5, 0.6) is 5.75 Å². The van der Waals surface area contributed by atoms with Crippen molar-refractivity contribution in [1.82, 2.24) is 5.32 Å². The van der Waals surface area contributed by atoms with Crippen LogP contribution >= 0.6 is 0 Å². The summed E-state index contributed by atoms with van der Waals surface area (Å²) in [5.74, 6) is 0.512. The number of rotatable bonds is 5. The van der Waals surface area contributed by atoms with Crippen LogP contribution in [0, 0.1) is 0 Å². The minimum Gasteiger partial charge on any atom is -0.493 e. The van der Waals surface area contributed by atoms with Crippen LogP contribution in [-0.4, -0.2) is 32.3 Å². The lowest BCUT2D eigenvalue weighted by Crippen LogP contribution is -2.19. The molecule has 2 rings (SSSR count). The Kier molecular flexibility index (Phi) is 4.59. The van der Waals surface area contributed by atoms with Crippen molar-refractivity contribution in [3.63, 3.8) is 0 Å². The molecular formula is C14H19NO3. The first-order valence-corrected chi connectivity index (χ1v) is 6.37. The summed E-state index contributed by atoms with van der Waals surface area (Å²) in [5, 5.41) is 2.61. The number of nitrogens with one attached hydrogen (secondary N) is 1. The van der Waals surface area contributed by atoms with E-state index in [1.54, 1.807) is 13.1 Å². The third-order valence-electron chi connectivity index (χ3n) is 3.08. The number of para-hydroxylation sites is 1. The molecule has 1 saturated heterocycles. The maximum Gasteiger partial charge on any atom is 0.254 e. The van der Waals surface area contributed by atoms with Gasteiger partial charge < -0.3 is 14.8 Å². The molecule has 98 valence electrons. The van der Waals surface area contributed by atoms with E-state index in [1.807, 2.05) is 18.2 Å². The first kappa shape index (κ1) is 12.9. The van der Waals surface area contributed by atoms with Crippen LogP contribution in [0.4, 0.5) is 0 Å². The van der Waals surface area contributed by atoms with Crippen molar-refractivity contribution in [3.8, 4) is 5.75 Å². The summed E-state index contributed by atoms with van der Waals surface area (Å²) in [5.41, 5.74) is 0.576. The van der Waals surface area contributed by atoms with E-state index >= 15 is 0 Å². The first-order chi connectivity index (χ1) is 8.81. The van der Waals surface area contributed by atoms with Crippen molar-refractivity contribution in [3.05, 3.63) is 29.8 Å². The Labute approximate surface area is 107 Å². The summed E-state index contributed by atoms with van der Waals surface area (Å²) >= 11 is 0. The zero-order chi connectivity index (χ0) is 12.8. The highest BCUT2D eigenvalue weighted by Gasteiger charge is 2.16. The second-order valence-corrected chi connectivity index (χ2v) is 4.35. The van der Waals surface area contributed by atoms with Crippen LogP contribution in [0.15, 0.2) is 24.3 Å². The molecule has 4 heteroatoms. The Morgan fingerprint density at radius 1 is 1.50 bits per heavy atom. The smallest absolute Gasteiger partial charge is 0.254 e. The average molecular weight is 249 g/mol. The van der Waals surface area contributed by atoms with Crippen molar-refractivity contribution >= 4 is 5.91 Å². The van der Waals surface area contributed by atoms with E-state index in [4.69, 9.17) is 9.47 Å². The van der Waals surface area contributed by atoms with Gasteiger partial charge in [0.05, 0.1) is 18.3 Å². The van der Waals surface area contributed by atoms with E-state index in [0.29, 0.717) is 24.0 Å². The fourth-order valence-electron chi connectivity index (χ4n) is 2.09. The number of benzene rings is 1. The number of amides is 1. The Bertz CT molecular complexity index is 400. The topological polar surface area (TPSA) is 47.6 Å². The zero-order valence-corrected chi connectivity index (χ0v) is 10.6. The van der Waals surface area contributed by atoms with Gasteiger partial charge in [-0.1, -0.05) is 12.1 Å². The second kappa shape index (κ2) is 6.40. The van der Waals surface area contributed by atoms with Gasteiger partial charge in [0.2, 0.25) is 0 Å². The molecule has 0 spiro atoms. The molecule has 1 amide bonds. The third kappa shape index (κ3) is 3.23. The summed E-state index contributed by atoms with van der Waals surface area (Å²) in [6.07, 6.45) is 3.44. The molecule has 0 radical (unpaired) electrons. The maximum absolute atomic E-state index is 11.6. The summed E-state index contributed by atoms with van der Waals surface area (Å²) in [6, 6.07) is 7.28. The molecule has 1 aliphatic heterocycles. The van der Waals surface area contributed by atoms with Gasteiger partial charge in [-0.3, -0.25) is 4.79 Å². The van der Waals surface area contributed by atoms with Crippen molar-refractivity contribution in [2.45, 2.75) is 25.4 Å². The summed E-state index contributed by atoms with van der Waals surface area (Å²) in [7, 11) is 1.62. The van der Waals surface area contributed by atoms with Crippen molar-refractivity contribution in [1.29, 1.82) is 0 Å². The Balaban J connectivity index is 1.89. The van der Waals surface area contributed by atoms with E-state index in [-0.39, 0.29) is 5.91 Å². The van der Waals surface area contributed by atoms with Crippen molar-refractivity contribution in [2.75, 3.05) is 20.3 Å². The molecule has 1 aromatic carbocycles. The lowest BCUT2D eigenvalue weighted by molar-refractivity contribution is 0.0893. The van der Waals surface area contributed by atoms with Crippen LogP contribution in [0.2, 0.25) is 0 Å². The molecular weight excluding hydrogens is 230 g/mol. The summed E-state index contributed by atoms with van der Waals surface area (Å²) in [6.45, 7) is 1.44. The lowest BCUT2D eigenvalue weighted by atomic mass is 10.2. The highest BCUT2D eigenvalue weighted by Crippen LogP contribution is 2.20. The normalized spacial score (nSPS) is 18.6. The molecule has 1 N–H and O–H groups in total. The number of hydrogen-bond donors (Lipinski definition) is 1. The molecule has 1 aromatic rings. The van der Waals surface area contributed by atoms with E-state index in [0.717, 1.165) is 25.9 Å². The Morgan fingerprint density at radius 2 is 2.33 bits per heavy atom. The van der Waals surface area contributed by atoms with Crippen LogP contribution in [0.3, 0.4) is 0 Å². The molecule has 1 fully saturated rings. The standard InChI is InChI=1S/C14H19NO3/c1-15-14(16)12-6-2-3-7-13(12)18-10-8-11-5-4-9-17-11/h2-3,6-7,11H,4-5,8-10H2,1H3,(H,15,16)/t11-/m0/s1. The van der Waals surface area contributed by atoms with E-state index < -0.39 is 0 Å². The Morgan fingerprint density at radius 3 is 3.06 bits per heavy atom. The monoisotopic (exact) mass is 249 g/mol. The SMILES string of the molecule is CNC(=O)c1ccccc1OCC[C@@H]1CCCO1. The highest BCUT2D eigenvalue weighted by molar-refractivity contribution is 5.96. The van der Waals surface area contributed by atoms with Gasteiger partial charge in [0.25, 0.3) is 5.91 Å². The predicted octanol–water partition coefficient (Wildman–Crippen LogP) is 1.99. The number of carbonyl (C=O) groups is 1. The van der Waals surface area contributed by atoms with Crippen LogP contribution in [-0.2, 0) is 4.74 Å². The van der Waals surface area contributed by atoms with E-state index in [1.165, 1.54) is 0 Å². The molecule has 1 atom stereocenters. The van der Waals surface area contributed by atoms with Gasteiger partial charge in [-0.2, -0.15) is 0 Å². The molecule has 1 aliphatic rings. The number of hydrogen-bond acceptors (Lipinski definition) is 3. The van der Waals surface area contributed by atoms with Crippen molar-refractivity contribution in [2.24, 2.45) is 0 Å². The van der Waals surface area contributed by atoms with Gasteiger partial charge in [-0.25, -0.2) is 0 Å². The maximum atomic E-state index is 11.6. The summed E-state index contributed by atoms with van der Waals surface area (Å²) < 4.78 is 11.2. The summed E-state index contributed by atoms with van der Waals surface area (Å²) in [4.78, 5) is 11.6.